The van der Waals surface area contributed by atoms with Crippen LogP contribution in [0.15, 0.2) is 18.2 Å². The van der Waals surface area contributed by atoms with Gasteiger partial charge in [0.25, 0.3) is 0 Å². The first-order valence-corrected chi connectivity index (χ1v) is 6.26. The van der Waals surface area contributed by atoms with Crippen molar-refractivity contribution in [1.29, 1.82) is 0 Å². The number of aliphatic carboxylic acids is 1. The van der Waals surface area contributed by atoms with Gasteiger partial charge in [0.15, 0.2) is 0 Å². The highest BCUT2D eigenvalue weighted by Crippen LogP contribution is 2.10. The molecular weight excluding hydrogens is 228 g/mol. The lowest BCUT2D eigenvalue weighted by atomic mass is 10.0. The monoisotopic (exact) mass is 250 g/mol. The summed E-state index contributed by atoms with van der Waals surface area (Å²) in [6.07, 6.45) is 1.41. The molecule has 0 aliphatic heterocycles. The zero-order valence-corrected chi connectivity index (χ0v) is 11.1. The van der Waals surface area contributed by atoms with Crippen LogP contribution in [0, 0.1) is 13.8 Å². The van der Waals surface area contributed by atoms with Crippen molar-refractivity contribution in [3.05, 3.63) is 34.9 Å². The Balaban J connectivity index is 2.26. The molecule has 0 aromatic heterocycles. The van der Waals surface area contributed by atoms with Gasteiger partial charge < -0.3 is 16.2 Å². The molecule has 0 radical (unpaired) electrons. The molecule has 0 bridgehead atoms. The summed E-state index contributed by atoms with van der Waals surface area (Å²) in [5.74, 6) is -0.939. The largest absolute Gasteiger partial charge is 0.480 e. The fraction of sp³-hybridized carbons (Fsp3) is 0.500. The minimum atomic E-state index is -0.939. The van der Waals surface area contributed by atoms with Crippen LogP contribution in [0.1, 0.15) is 23.1 Å². The van der Waals surface area contributed by atoms with Gasteiger partial charge in [-0.2, -0.15) is 0 Å². The molecule has 0 fully saturated rings. The Kier molecular flexibility index (Phi) is 5.82. The third kappa shape index (κ3) is 4.85. The van der Waals surface area contributed by atoms with Crippen molar-refractivity contribution < 1.29 is 9.90 Å². The van der Waals surface area contributed by atoms with Crippen LogP contribution >= 0.6 is 0 Å². The Bertz CT molecular complexity index is 405. The average molecular weight is 250 g/mol. The minimum Gasteiger partial charge on any atom is -0.480 e. The number of nitrogens with two attached hydrogens (primary N) is 1. The lowest BCUT2D eigenvalue weighted by Gasteiger charge is -2.09. The van der Waals surface area contributed by atoms with E-state index in [-0.39, 0.29) is 0 Å². The quantitative estimate of drug-likeness (QED) is 0.636. The standard InChI is InChI=1S/C14H22N2O2/c1-10-3-4-11(2)12(9-10)5-7-16-8-6-13(15)14(17)18/h3-4,9,13,16H,5-8,15H2,1-2H3,(H,17,18). The van der Waals surface area contributed by atoms with Gasteiger partial charge in [0.2, 0.25) is 0 Å². The van der Waals surface area contributed by atoms with Crippen LogP contribution in [0.25, 0.3) is 0 Å². The van der Waals surface area contributed by atoms with Gasteiger partial charge >= 0.3 is 5.97 Å². The van der Waals surface area contributed by atoms with Gasteiger partial charge in [-0.15, -0.1) is 0 Å². The molecule has 1 atom stereocenters. The highest BCUT2D eigenvalue weighted by Gasteiger charge is 2.09. The van der Waals surface area contributed by atoms with Crippen LogP contribution in [0.2, 0.25) is 0 Å². The second-order valence-corrected chi connectivity index (χ2v) is 4.66. The first kappa shape index (κ1) is 14.7. The molecule has 0 spiro atoms. The van der Waals surface area contributed by atoms with Crippen LogP contribution < -0.4 is 11.1 Å². The molecule has 0 amide bonds. The highest BCUT2D eigenvalue weighted by atomic mass is 16.4. The Labute approximate surface area is 108 Å². The van der Waals surface area contributed by atoms with E-state index in [1.165, 1.54) is 16.7 Å². The normalized spacial score (nSPS) is 12.4. The molecule has 4 nitrogen and oxygen atoms in total. The van der Waals surface area contributed by atoms with Crippen molar-refractivity contribution in [2.75, 3.05) is 13.1 Å². The van der Waals surface area contributed by atoms with E-state index >= 15 is 0 Å². The first-order valence-electron chi connectivity index (χ1n) is 6.26. The van der Waals surface area contributed by atoms with E-state index < -0.39 is 12.0 Å². The summed E-state index contributed by atoms with van der Waals surface area (Å²) in [6.45, 7) is 5.67. The number of carboxylic acid groups (broad SMARTS) is 1. The number of carbonyl (C=O) groups is 1. The second kappa shape index (κ2) is 7.13. The number of aryl methyl sites for hydroxylation is 2. The van der Waals surface area contributed by atoms with Crippen molar-refractivity contribution >= 4 is 5.97 Å². The Morgan fingerprint density at radius 1 is 1.39 bits per heavy atom. The van der Waals surface area contributed by atoms with Gasteiger partial charge in [-0.25, -0.2) is 0 Å². The van der Waals surface area contributed by atoms with Crippen molar-refractivity contribution in [1.82, 2.24) is 5.32 Å². The summed E-state index contributed by atoms with van der Waals surface area (Å²) in [5.41, 5.74) is 9.32. The molecule has 4 heteroatoms. The maximum Gasteiger partial charge on any atom is 0.320 e. The van der Waals surface area contributed by atoms with Gasteiger partial charge in [0.1, 0.15) is 6.04 Å². The number of carboxylic acids is 1. The molecule has 4 N–H and O–H groups in total. The maximum absolute atomic E-state index is 10.5. The number of hydrogen-bond acceptors (Lipinski definition) is 3. The summed E-state index contributed by atoms with van der Waals surface area (Å²) in [4.78, 5) is 10.5. The lowest BCUT2D eigenvalue weighted by molar-refractivity contribution is -0.138. The third-order valence-electron chi connectivity index (χ3n) is 3.03. The minimum absolute atomic E-state index is 0.460. The molecule has 0 saturated carbocycles. The fourth-order valence-corrected chi connectivity index (χ4v) is 1.80. The van der Waals surface area contributed by atoms with E-state index in [0.29, 0.717) is 13.0 Å². The molecular formula is C14H22N2O2. The lowest BCUT2D eigenvalue weighted by Crippen LogP contribution is -2.34. The smallest absolute Gasteiger partial charge is 0.320 e. The van der Waals surface area contributed by atoms with Crippen LogP contribution in [0.3, 0.4) is 0 Å². The van der Waals surface area contributed by atoms with E-state index in [1.807, 2.05) is 0 Å². The number of hydrogen-bond donors (Lipinski definition) is 3. The van der Waals surface area contributed by atoms with Gasteiger partial charge in [-0.05, 0) is 50.9 Å². The SMILES string of the molecule is Cc1ccc(C)c(CCNCCC(N)C(=O)O)c1. The molecule has 18 heavy (non-hydrogen) atoms. The highest BCUT2D eigenvalue weighted by molar-refractivity contribution is 5.72. The summed E-state index contributed by atoms with van der Waals surface area (Å²) in [6, 6.07) is 5.67. The zero-order chi connectivity index (χ0) is 13.5. The molecule has 1 unspecified atom stereocenters. The van der Waals surface area contributed by atoms with Crippen LogP contribution in [0.5, 0.6) is 0 Å². The molecule has 1 rings (SSSR count). The molecule has 100 valence electrons. The fourth-order valence-electron chi connectivity index (χ4n) is 1.80. The summed E-state index contributed by atoms with van der Waals surface area (Å²) >= 11 is 0. The molecule has 0 heterocycles. The predicted molar refractivity (Wildman–Crippen MR) is 72.7 cm³/mol. The van der Waals surface area contributed by atoms with Crippen LogP contribution in [0.4, 0.5) is 0 Å². The van der Waals surface area contributed by atoms with Gasteiger partial charge in [-0.1, -0.05) is 23.8 Å². The molecule has 1 aromatic rings. The molecule has 0 aliphatic rings. The summed E-state index contributed by atoms with van der Waals surface area (Å²) in [7, 11) is 0. The van der Waals surface area contributed by atoms with Crippen molar-refractivity contribution in [3.63, 3.8) is 0 Å². The van der Waals surface area contributed by atoms with Gasteiger partial charge in [-0.3, -0.25) is 4.79 Å². The molecule has 1 aromatic carbocycles. The van der Waals surface area contributed by atoms with Crippen molar-refractivity contribution in [2.24, 2.45) is 5.73 Å². The van der Waals surface area contributed by atoms with Gasteiger partial charge in [0.05, 0.1) is 0 Å². The number of nitrogens with one attached hydrogen (secondary N) is 1. The Hall–Kier alpha value is -1.39. The van der Waals surface area contributed by atoms with E-state index in [4.69, 9.17) is 10.8 Å². The Morgan fingerprint density at radius 3 is 2.78 bits per heavy atom. The molecule has 0 saturated heterocycles. The third-order valence-corrected chi connectivity index (χ3v) is 3.03. The van der Waals surface area contributed by atoms with Crippen molar-refractivity contribution in [2.45, 2.75) is 32.7 Å². The van der Waals surface area contributed by atoms with Gasteiger partial charge in [0, 0.05) is 0 Å². The Morgan fingerprint density at radius 2 is 2.11 bits per heavy atom. The van der Waals surface area contributed by atoms with Crippen molar-refractivity contribution in [3.8, 4) is 0 Å². The zero-order valence-electron chi connectivity index (χ0n) is 11.1. The number of benzene rings is 1. The summed E-state index contributed by atoms with van der Waals surface area (Å²) < 4.78 is 0. The topological polar surface area (TPSA) is 75.3 Å². The predicted octanol–water partition coefficient (Wildman–Crippen LogP) is 1.24. The van der Waals surface area contributed by atoms with E-state index in [0.717, 1.165) is 13.0 Å². The average Bonchev–Trinajstić information content (AvgIpc) is 2.32. The summed E-state index contributed by atoms with van der Waals surface area (Å²) in [5, 5.41) is 11.9. The van der Waals surface area contributed by atoms with Crippen LogP contribution in [-0.2, 0) is 11.2 Å². The van der Waals surface area contributed by atoms with E-state index in [2.05, 4.69) is 37.4 Å². The second-order valence-electron chi connectivity index (χ2n) is 4.66. The number of rotatable bonds is 7. The first-order chi connectivity index (χ1) is 8.50. The molecule has 0 aliphatic carbocycles. The van der Waals surface area contributed by atoms with E-state index in [9.17, 15) is 4.79 Å². The van der Waals surface area contributed by atoms with Crippen LogP contribution in [-0.4, -0.2) is 30.2 Å². The maximum atomic E-state index is 10.5. The van der Waals surface area contributed by atoms with E-state index in [1.54, 1.807) is 0 Å².